The van der Waals surface area contributed by atoms with Gasteiger partial charge in [-0.05, 0) is 42.0 Å². The van der Waals surface area contributed by atoms with Crippen LogP contribution in [0.2, 0.25) is 0 Å². The number of hydrogen-bond donors (Lipinski definition) is 3. The maximum atomic E-state index is 12.2. The van der Waals surface area contributed by atoms with E-state index in [1.165, 1.54) is 19.4 Å². The lowest BCUT2D eigenvalue weighted by Crippen LogP contribution is -2.18. The quantitative estimate of drug-likeness (QED) is 0.459. The topological polar surface area (TPSA) is 109 Å². The molecule has 0 unspecified atom stereocenters. The van der Waals surface area contributed by atoms with E-state index in [0.29, 0.717) is 22.8 Å². The third-order valence-electron chi connectivity index (χ3n) is 3.77. The summed E-state index contributed by atoms with van der Waals surface area (Å²) in [7, 11) is 3.04. The number of phenolic OH excluding ortho intramolecular Hbond substituents is 1. The zero-order chi connectivity index (χ0) is 19.2. The van der Waals surface area contributed by atoms with E-state index in [1.807, 2.05) is 24.3 Å². The first-order valence-electron chi connectivity index (χ1n) is 8.01. The molecule has 0 atom stereocenters. The van der Waals surface area contributed by atoms with Gasteiger partial charge in [0, 0.05) is 5.56 Å². The first-order chi connectivity index (χ1) is 13.1. The fourth-order valence-corrected chi connectivity index (χ4v) is 2.37. The number of rotatable bonds is 6. The van der Waals surface area contributed by atoms with E-state index < -0.39 is 5.91 Å². The SMILES string of the molecule is COc1cccc(-c2cc(C(=O)NN=Cc3ccc(O)c(OC)c3)[nH]n2)c1. The van der Waals surface area contributed by atoms with Crippen molar-refractivity contribution in [1.82, 2.24) is 15.6 Å². The highest BCUT2D eigenvalue weighted by Gasteiger charge is 2.11. The van der Waals surface area contributed by atoms with E-state index >= 15 is 0 Å². The molecule has 0 aliphatic rings. The van der Waals surface area contributed by atoms with Gasteiger partial charge in [-0.2, -0.15) is 10.2 Å². The maximum Gasteiger partial charge on any atom is 0.289 e. The molecule has 8 nitrogen and oxygen atoms in total. The van der Waals surface area contributed by atoms with Crippen molar-refractivity contribution in [2.75, 3.05) is 14.2 Å². The van der Waals surface area contributed by atoms with Crippen LogP contribution in [-0.4, -0.2) is 41.6 Å². The van der Waals surface area contributed by atoms with Crippen molar-refractivity contribution in [2.45, 2.75) is 0 Å². The van der Waals surface area contributed by atoms with Crippen molar-refractivity contribution in [2.24, 2.45) is 5.10 Å². The number of carbonyl (C=O) groups excluding carboxylic acids is 1. The predicted molar refractivity (Wildman–Crippen MR) is 100 cm³/mol. The van der Waals surface area contributed by atoms with Gasteiger partial charge in [0.2, 0.25) is 0 Å². The number of hydrazone groups is 1. The van der Waals surface area contributed by atoms with Crippen LogP contribution < -0.4 is 14.9 Å². The van der Waals surface area contributed by atoms with Gasteiger partial charge in [-0.1, -0.05) is 12.1 Å². The van der Waals surface area contributed by atoms with Crippen LogP contribution in [-0.2, 0) is 0 Å². The lowest BCUT2D eigenvalue weighted by Gasteiger charge is -2.03. The van der Waals surface area contributed by atoms with Crippen LogP contribution in [0.25, 0.3) is 11.3 Å². The highest BCUT2D eigenvalue weighted by molar-refractivity contribution is 5.94. The molecule has 0 aliphatic heterocycles. The number of nitrogens with one attached hydrogen (secondary N) is 2. The molecule has 1 heterocycles. The normalized spacial score (nSPS) is 10.7. The summed E-state index contributed by atoms with van der Waals surface area (Å²) in [6.07, 6.45) is 1.44. The number of ether oxygens (including phenoxy) is 2. The third kappa shape index (κ3) is 4.24. The standard InChI is InChI=1S/C19H18N4O4/c1-26-14-5-3-4-13(9-14)15-10-16(22-21-15)19(25)23-20-11-12-6-7-17(24)18(8-12)27-2/h3-11,24H,1-2H3,(H,21,22)(H,23,25). The van der Waals surface area contributed by atoms with Gasteiger partial charge < -0.3 is 14.6 Å². The molecular formula is C19H18N4O4. The lowest BCUT2D eigenvalue weighted by atomic mass is 10.1. The number of aromatic amines is 1. The van der Waals surface area contributed by atoms with Gasteiger partial charge in [0.05, 0.1) is 26.1 Å². The van der Waals surface area contributed by atoms with Crippen molar-refractivity contribution in [3.8, 4) is 28.5 Å². The van der Waals surface area contributed by atoms with Gasteiger partial charge in [0.15, 0.2) is 11.5 Å². The summed E-state index contributed by atoms with van der Waals surface area (Å²) in [4.78, 5) is 12.2. The van der Waals surface area contributed by atoms with Crippen LogP contribution in [0.3, 0.4) is 0 Å². The number of phenols is 1. The minimum absolute atomic E-state index is 0.0289. The smallest absolute Gasteiger partial charge is 0.289 e. The number of benzene rings is 2. The number of aromatic nitrogens is 2. The third-order valence-corrected chi connectivity index (χ3v) is 3.77. The Morgan fingerprint density at radius 1 is 1.19 bits per heavy atom. The Balaban J connectivity index is 1.67. The summed E-state index contributed by atoms with van der Waals surface area (Å²) in [5, 5.41) is 20.3. The summed E-state index contributed by atoms with van der Waals surface area (Å²) in [5.74, 6) is 0.622. The van der Waals surface area contributed by atoms with Crippen LogP contribution in [0.4, 0.5) is 0 Å². The largest absolute Gasteiger partial charge is 0.504 e. The first kappa shape index (κ1) is 18.0. The average molecular weight is 366 g/mol. The zero-order valence-electron chi connectivity index (χ0n) is 14.8. The molecule has 0 saturated heterocycles. The second kappa shape index (κ2) is 8.05. The van der Waals surface area contributed by atoms with Crippen LogP contribution in [0, 0.1) is 0 Å². The molecule has 0 saturated carbocycles. The van der Waals surface area contributed by atoms with Gasteiger partial charge in [-0.15, -0.1) is 0 Å². The molecular weight excluding hydrogens is 348 g/mol. The number of aromatic hydroxyl groups is 1. The number of carbonyl (C=O) groups is 1. The molecule has 3 aromatic rings. The minimum Gasteiger partial charge on any atom is -0.504 e. The summed E-state index contributed by atoms with van der Waals surface area (Å²) in [6, 6.07) is 13.7. The Morgan fingerprint density at radius 3 is 2.81 bits per heavy atom. The highest BCUT2D eigenvalue weighted by atomic mass is 16.5. The van der Waals surface area contributed by atoms with Crippen LogP contribution in [0.15, 0.2) is 53.6 Å². The Hall–Kier alpha value is -3.81. The number of H-pyrrole nitrogens is 1. The molecule has 1 aromatic heterocycles. The second-order valence-corrected chi connectivity index (χ2v) is 5.53. The molecule has 0 aliphatic carbocycles. The number of nitrogens with zero attached hydrogens (tertiary/aromatic N) is 2. The number of methoxy groups -OCH3 is 2. The maximum absolute atomic E-state index is 12.2. The summed E-state index contributed by atoms with van der Waals surface area (Å²) in [5.41, 5.74) is 4.79. The van der Waals surface area contributed by atoms with E-state index in [1.54, 1.807) is 25.3 Å². The number of hydrogen-bond acceptors (Lipinski definition) is 6. The second-order valence-electron chi connectivity index (χ2n) is 5.53. The fraction of sp³-hybridized carbons (Fsp3) is 0.105. The van der Waals surface area contributed by atoms with Crippen LogP contribution in [0.1, 0.15) is 16.1 Å². The van der Waals surface area contributed by atoms with Gasteiger partial charge in [-0.25, -0.2) is 5.43 Å². The summed E-state index contributed by atoms with van der Waals surface area (Å²) < 4.78 is 10.2. The van der Waals surface area contributed by atoms with Gasteiger partial charge in [0.25, 0.3) is 5.91 Å². The first-order valence-corrected chi connectivity index (χ1v) is 8.01. The van der Waals surface area contributed by atoms with Gasteiger partial charge >= 0.3 is 0 Å². The van der Waals surface area contributed by atoms with Crippen molar-refractivity contribution >= 4 is 12.1 Å². The Labute approximate surface area is 155 Å². The average Bonchev–Trinajstić information content (AvgIpc) is 3.19. The fourth-order valence-electron chi connectivity index (χ4n) is 2.37. The Bertz CT molecular complexity index is 981. The molecule has 8 heteroatoms. The summed E-state index contributed by atoms with van der Waals surface area (Å²) in [6.45, 7) is 0. The van der Waals surface area contributed by atoms with E-state index in [4.69, 9.17) is 9.47 Å². The molecule has 27 heavy (non-hydrogen) atoms. The van der Waals surface area contributed by atoms with Gasteiger partial charge in [0.1, 0.15) is 11.4 Å². The van der Waals surface area contributed by atoms with Crippen molar-refractivity contribution < 1.29 is 19.4 Å². The van der Waals surface area contributed by atoms with Gasteiger partial charge in [-0.3, -0.25) is 9.89 Å². The van der Waals surface area contributed by atoms with Crippen LogP contribution >= 0.6 is 0 Å². The van der Waals surface area contributed by atoms with E-state index in [2.05, 4.69) is 20.7 Å². The minimum atomic E-state index is -0.432. The Morgan fingerprint density at radius 2 is 2.04 bits per heavy atom. The van der Waals surface area contributed by atoms with Crippen molar-refractivity contribution in [3.05, 3.63) is 59.8 Å². The van der Waals surface area contributed by atoms with Crippen LogP contribution in [0.5, 0.6) is 17.2 Å². The molecule has 0 bridgehead atoms. The monoisotopic (exact) mass is 366 g/mol. The molecule has 138 valence electrons. The van der Waals surface area contributed by atoms with Crippen molar-refractivity contribution in [1.29, 1.82) is 0 Å². The molecule has 0 fully saturated rings. The molecule has 0 spiro atoms. The molecule has 2 aromatic carbocycles. The molecule has 3 rings (SSSR count). The molecule has 0 radical (unpaired) electrons. The molecule has 3 N–H and O–H groups in total. The van der Waals surface area contributed by atoms with E-state index in [9.17, 15) is 9.90 Å². The van der Waals surface area contributed by atoms with Crippen molar-refractivity contribution in [3.63, 3.8) is 0 Å². The lowest BCUT2D eigenvalue weighted by molar-refractivity contribution is 0.0950. The molecule has 1 amide bonds. The summed E-state index contributed by atoms with van der Waals surface area (Å²) >= 11 is 0. The predicted octanol–water partition coefficient (Wildman–Crippen LogP) is 2.56. The number of amides is 1. The van der Waals surface area contributed by atoms with E-state index in [0.717, 1.165) is 5.56 Å². The Kier molecular flexibility index (Phi) is 5.36. The highest BCUT2D eigenvalue weighted by Crippen LogP contribution is 2.25. The van der Waals surface area contributed by atoms with E-state index in [-0.39, 0.29) is 11.4 Å². The zero-order valence-corrected chi connectivity index (χ0v) is 14.8.